The summed E-state index contributed by atoms with van der Waals surface area (Å²) in [5, 5.41) is 6.65. The zero-order valence-corrected chi connectivity index (χ0v) is 14.9. The number of fused-ring (bicyclic) bond motifs is 1. The molecule has 3 aromatic rings. The van der Waals surface area contributed by atoms with E-state index in [4.69, 9.17) is 4.74 Å². The molecule has 1 heterocycles. The van der Waals surface area contributed by atoms with Crippen LogP contribution in [0, 0.1) is 0 Å². The molecule has 2 aromatic carbocycles. The largest absolute Gasteiger partial charge is 0.497 e. The molecule has 1 unspecified atom stereocenters. The quantitative estimate of drug-likeness (QED) is 0.656. The fraction of sp³-hybridized carbons (Fsp3) is 0.200. The molecule has 1 atom stereocenters. The summed E-state index contributed by atoms with van der Waals surface area (Å²) in [5.41, 5.74) is 2.93. The van der Waals surface area contributed by atoms with Gasteiger partial charge in [0.15, 0.2) is 0 Å². The molecule has 1 aromatic heterocycles. The van der Waals surface area contributed by atoms with Gasteiger partial charge in [0.2, 0.25) is 5.91 Å². The van der Waals surface area contributed by atoms with Gasteiger partial charge in [0.25, 0.3) is 5.91 Å². The van der Waals surface area contributed by atoms with Gasteiger partial charge in [-0.1, -0.05) is 12.1 Å². The van der Waals surface area contributed by atoms with Crippen molar-refractivity contribution in [2.24, 2.45) is 0 Å². The summed E-state index contributed by atoms with van der Waals surface area (Å²) < 4.78 is 5.20. The van der Waals surface area contributed by atoms with E-state index >= 15 is 0 Å². The third-order valence-corrected chi connectivity index (χ3v) is 4.13. The summed E-state index contributed by atoms with van der Waals surface area (Å²) in [6.07, 6.45) is 0. The number of amides is 2. The number of aromatic nitrogens is 1. The molecule has 26 heavy (non-hydrogen) atoms. The third-order valence-electron chi connectivity index (χ3n) is 4.13. The Bertz CT molecular complexity index is 962. The summed E-state index contributed by atoms with van der Waals surface area (Å²) in [5.74, 6) is 0.402. The SMILES string of the molecule is COc1ccc2cc(C(=O)NC(C)c3cccc(NC(C)=O)c3)[nH]c2c1. The second-order valence-corrected chi connectivity index (χ2v) is 6.14. The van der Waals surface area contributed by atoms with E-state index in [0.29, 0.717) is 11.4 Å². The molecule has 0 aliphatic rings. The molecule has 0 saturated carbocycles. The van der Waals surface area contributed by atoms with E-state index < -0.39 is 0 Å². The second kappa shape index (κ2) is 7.31. The number of methoxy groups -OCH3 is 1. The maximum Gasteiger partial charge on any atom is 0.268 e. The van der Waals surface area contributed by atoms with Gasteiger partial charge in [0.05, 0.1) is 13.2 Å². The van der Waals surface area contributed by atoms with Crippen molar-refractivity contribution in [3.8, 4) is 5.75 Å². The summed E-state index contributed by atoms with van der Waals surface area (Å²) in [6.45, 7) is 3.36. The molecular weight excluding hydrogens is 330 g/mol. The van der Waals surface area contributed by atoms with Crippen LogP contribution >= 0.6 is 0 Å². The number of carbonyl (C=O) groups excluding carboxylic acids is 2. The predicted octanol–water partition coefficient (Wildman–Crippen LogP) is 3.63. The van der Waals surface area contributed by atoms with E-state index in [0.717, 1.165) is 22.2 Å². The Balaban J connectivity index is 1.76. The molecular formula is C20H21N3O3. The lowest BCUT2D eigenvalue weighted by atomic mass is 10.1. The van der Waals surface area contributed by atoms with E-state index in [-0.39, 0.29) is 17.9 Å². The molecule has 0 aliphatic carbocycles. The molecule has 0 aliphatic heterocycles. The Labute approximate surface area is 151 Å². The highest BCUT2D eigenvalue weighted by Gasteiger charge is 2.14. The summed E-state index contributed by atoms with van der Waals surface area (Å²) >= 11 is 0. The molecule has 2 amide bonds. The highest BCUT2D eigenvalue weighted by molar-refractivity contribution is 5.98. The van der Waals surface area contributed by atoms with Crippen molar-refractivity contribution in [1.82, 2.24) is 10.3 Å². The minimum Gasteiger partial charge on any atom is -0.497 e. The van der Waals surface area contributed by atoms with Gasteiger partial charge in [-0.15, -0.1) is 0 Å². The molecule has 0 bridgehead atoms. The molecule has 6 nitrogen and oxygen atoms in total. The number of benzene rings is 2. The number of rotatable bonds is 5. The van der Waals surface area contributed by atoms with Crippen LogP contribution in [0.5, 0.6) is 5.75 Å². The average molecular weight is 351 g/mol. The number of carbonyl (C=O) groups is 2. The predicted molar refractivity (Wildman–Crippen MR) is 101 cm³/mol. The number of anilines is 1. The first-order valence-corrected chi connectivity index (χ1v) is 8.31. The van der Waals surface area contributed by atoms with E-state index in [9.17, 15) is 9.59 Å². The van der Waals surface area contributed by atoms with Crippen LogP contribution in [0.1, 0.15) is 35.9 Å². The minimum absolute atomic E-state index is 0.132. The number of hydrogen-bond acceptors (Lipinski definition) is 3. The van der Waals surface area contributed by atoms with Gasteiger partial charge in [-0.3, -0.25) is 9.59 Å². The third kappa shape index (κ3) is 3.85. The Hall–Kier alpha value is -3.28. The number of hydrogen-bond donors (Lipinski definition) is 3. The first-order chi connectivity index (χ1) is 12.5. The van der Waals surface area contributed by atoms with E-state index in [2.05, 4.69) is 15.6 Å². The van der Waals surface area contributed by atoms with Crippen molar-refractivity contribution in [3.63, 3.8) is 0 Å². The highest BCUT2D eigenvalue weighted by Crippen LogP contribution is 2.22. The molecule has 6 heteroatoms. The van der Waals surface area contributed by atoms with Crippen molar-refractivity contribution >= 4 is 28.4 Å². The Morgan fingerprint density at radius 2 is 1.92 bits per heavy atom. The standard InChI is InChI=1S/C20H21N3O3/c1-12(14-5-4-6-16(9-14)22-13(2)24)21-20(25)19-10-15-7-8-17(26-3)11-18(15)23-19/h4-12,23H,1-3H3,(H,21,25)(H,22,24). The van der Waals surface area contributed by atoms with Crippen LogP contribution in [0.3, 0.4) is 0 Å². The monoisotopic (exact) mass is 351 g/mol. The first kappa shape index (κ1) is 17.5. The zero-order chi connectivity index (χ0) is 18.7. The van der Waals surface area contributed by atoms with Crippen LogP contribution in [-0.4, -0.2) is 23.9 Å². The van der Waals surface area contributed by atoms with Gasteiger partial charge in [-0.2, -0.15) is 0 Å². The summed E-state index contributed by atoms with van der Waals surface area (Å²) in [6, 6.07) is 14.6. The van der Waals surface area contributed by atoms with Crippen molar-refractivity contribution in [2.75, 3.05) is 12.4 Å². The lowest BCUT2D eigenvalue weighted by molar-refractivity contribution is -0.114. The van der Waals surface area contributed by atoms with Crippen LogP contribution in [0.2, 0.25) is 0 Å². The van der Waals surface area contributed by atoms with Crippen LogP contribution < -0.4 is 15.4 Å². The van der Waals surface area contributed by atoms with E-state index in [1.165, 1.54) is 6.92 Å². The number of aromatic amines is 1. The fourth-order valence-electron chi connectivity index (χ4n) is 2.80. The Morgan fingerprint density at radius 3 is 2.65 bits per heavy atom. The molecule has 134 valence electrons. The van der Waals surface area contributed by atoms with Gasteiger partial charge >= 0.3 is 0 Å². The van der Waals surface area contributed by atoms with Gasteiger partial charge in [-0.25, -0.2) is 0 Å². The number of H-pyrrole nitrogens is 1. The summed E-state index contributed by atoms with van der Waals surface area (Å²) in [7, 11) is 1.61. The van der Waals surface area contributed by atoms with Crippen molar-refractivity contribution in [1.29, 1.82) is 0 Å². The summed E-state index contributed by atoms with van der Waals surface area (Å²) in [4.78, 5) is 26.9. The van der Waals surface area contributed by atoms with Gasteiger partial charge in [-0.05, 0) is 42.8 Å². The highest BCUT2D eigenvalue weighted by atomic mass is 16.5. The van der Waals surface area contributed by atoms with Crippen LogP contribution in [0.4, 0.5) is 5.69 Å². The number of ether oxygens (including phenoxy) is 1. The lowest BCUT2D eigenvalue weighted by Crippen LogP contribution is -2.27. The minimum atomic E-state index is -0.211. The molecule has 3 rings (SSSR count). The zero-order valence-electron chi connectivity index (χ0n) is 14.9. The van der Waals surface area contributed by atoms with E-state index in [1.807, 2.05) is 55.5 Å². The second-order valence-electron chi connectivity index (χ2n) is 6.14. The van der Waals surface area contributed by atoms with Crippen molar-refractivity contribution < 1.29 is 14.3 Å². The van der Waals surface area contributed by atoms with Crippen LogP contribution in [0.15, 0.2) is 48.5 Å². The first-order valence-electron chi connectivity index (χ1n) is 8.31. The molecule has 0 radical (unpaired) electrons. The Morgan fingerprint density at radius 1 is 1.12 bits per heavy atom. The average Bonchev–Trinajstić information content (AvgIpc) is 3.04. The van der Waals surface area contributed by atoms with Crippen molar-refractivity contribution in [2.45, 2.75) is 19.9 Å². The maximum atomic E-state index is 12.6. The fourth-order valence-corrected chi connectivity index (χ4v) is 2.80. The van der Waals surface area contributed by atoms with E-state index in [1.54, 1.807) is 7.11 Å². The van der Waals surface area contributed by atoms with Gasteiger partial charge in [0, 0.05) is 29.6 Å². The van der Waals surface area contributed by atoms with Gasteiger partial charge < -0.3 is 20.4 Å². The van der Waals surface area contributed by atoms with Crippen molar-refractivity contribution in [3.05, 3.63) is 59.8 Å². The molecule has 0 fully saturated rings. The molecule has 0 saturated heterocycles. The van der Waals surface area contributed by atoms with Crippen LogP contribution in [0.25, 0.3) is 10.9 Å². The maximum absolute atomic E-state index is 12.6. The lowest BCUT2D eigenvalue weighted by Gasteiger charge is -2.15. The molecule has 0 spiro atoms. The normalized spacial score (nSPS) is 11.8. The molecule has 3 N–H and O–H groups in total. The topological polar surface area (TPSA) is 83.2 Å². The number of nitrogens with one attached hydrogen (secondary N) is 3. The Kier molecular flexibility index (Phi) is 4.93. The smallest absolute Gasteiger partial charge is 0.268 e. The van der Waals surface area contributed by atoms with Gasteiger partial charge in [0.1, 0.15) is 11.4 Å². The van der Waals surface area contributed by atoms with Crippen LogP contribution in [-0.2, 0) is 4.79 Å².